The average Bonchev–Trinajstić information content (AvgIpc) is 3.41. The zero-order valence-electron chi connectivity index (χ0n) is 14.9. The molecular weight excluding hydrogens is 374 g/mol. The number of aliphatic imine (C=N–C) groups is 1. The molecule has 1 fully saturated rings. The number of anilines is 1. The van der Waals surface area contributed by atoms with E-state index in [9.17, 15) is 17.6 Å². The summed E-state index contributed by atoms with van der Waals surface area (Å²) >= 11 is 0. The molecule has 148 valence electrons. The number of hydrogen-bond acceptors (Lipinski definition) is 4. The number of amidine groups is 1. The van der Waals surface area contributed by atoms with Gasteiger partial charge in [0.15, 0.2) is 0 Å². The van der Waals surface area contributed by atoms with Gasteiger partial charge in [0.2, 0.25) is 0 Å². The molecule has 4 nitrogen and oxygen atoms in total. The Morgan fingerprint density at radius 1 is 1.14 bits per heavy atom. The molecule has 1 saturated heterocycles. The molecule has 2 aromatic rings. The first-order chi connectivity index (χ1) is 13.3. The number of hydrogen-bond donors (Lipinski definition) is 1. The number of epoxide rings is 1. The van der Waals surface area contributed by atoms with Gasteiger partial charge in [0.25, 0.3) is 0 Å². The van der Waals surface area contributed by atoms with E-state index in [1.807, 2.05) is 35.2 Å². The summed E-state index contributed by atoms with van der Waals surface area (Å²) in [5.74, 6) is -0.847. The normalized spacial score (nSPS) is 23.7. The minimum absolute atomic E-state index is 0.0467. The number of benzene rings is 2. The summed E-state index contributed by atoms with van der Waals surface area (Å²) in [4.78, 5) is 6.27. The van der Waals surface area contributed by atoms with Gasteiger partial charge in [0.05, 0.1) is 17.7 Å². The number of nitrogens with two attached hydrogens (primary N) is 1. The highest BCUT2D eigenvalue weighted by atomic mass is 19.4. The van der Waals surface area contributed by atoms with Crippen molar-refractivity contribution in [3.05, 3.63) is 65.5 Å². The van der Waals surface area contributed by atoms with Crippen molar-refractivity contribution in [2.45, 2.75) is 37.4 Å². The van der Waals surface area contributed by atoms with Gasteiger partial charge in [-0.15, -0.1) is 0 Å². The number of halogens is 4. The van der Waals surface area contributed by atoms with Gasteiger partial charge in [-0.05, 0) is 23.8 Å². The Labute approximate surface area is 159 Å². The number of fused-ring (bicyclic) bond motifs is 1. The van der Waals surface area contributed by atoms with Gasteiger partial charge < -0.3 is 15.4 Å². The summed E-state index contributed by atoms with van der Waals surface area (Å²) < 4.78 is 58.3. The Bertz CT molecular complexity index is 885. The van der Waals surface area contributed by atoms with E-state index in [0.29, 0.717) is 31.0 Å². The van der Waals surface area contributed by atoms with Gasteiger partial charge in [-0.1, -0.05) is 30.3 Å². The summed E-state index contributed by atoms with van der Waals surface area (Å²) in [5, 5.41) is 0. The second-order valence-electron chi connectivity index (χ2n) is 7.07. The van der Waals surface area contributed by atoms with Crippen LogP contribution in [-0.4, -0.2) is 30.6 Å². The van der Waals surface area contributed by atoms with Crippen molar-refractivity contribution in [1.82, 2.24) is 0 Å². The largest absolute Gasteiger partial charge is 0.419 e. The molecule has 0 saturated carbocycles. The lowest BCUT2D eigenvalue weighted by molar-refractivity contribution is -0.139. The van der Waals surface area contributed by atoms with Gasteiger partial charge in [0, 0.05) is 25.2 Å². The van der Waals surface area contributed by atoms with E-state index in [-0.39, 0.29) is 18.2 Å². The lowest BCUT2D eigenvalue weighted by Crippen LogP contribution is -2.37. The number of ether oxygens (including phenoxy) is 1. The average molecular weight is 393 g/mol. The molecule has 2 aliphatic rings. The van der Waals surface area contributed by atoms with E-state index in [4.69, 9.17) is 10.5 Å². The third-order valence-corrected chi connectivity index (χ3v) is 4.98. The highest BCUT2D eigenvalue weighted by molar-refractivity contribution is 5.88. The predicted molar refractivity (Wildman–Crippen MR) is 97.6 cm³/mol. The van der Waals surface area contributed by atoms with Crippen molar-refractivity contribution >= 4 is 11.5 Å². The molecule has 8 heteroatoms. The number of alkyl halides is 3. The Morgan fingerprint density at radius 3 is 2.54 bits per heavy atom. The summed E-state index contributed by atoms with van der Waals surface area (Å²) in [5.41, 5.74) is 5.94. The molecule has 0 aliphatic carbocycles. The summed E-state index contributed by atoms with van der Waals surface area (Å²) in [6, 6.07) is 12.3. The summed E-state index contributed by atoms with van der Waals surface area (Å²) in [6.07, 6.45) is -4.11. The van der Waals surface area contributed by atoms with Crippen LogP contribution in [0.1, 0.15) is 17.5 Å². The van der Waals surface area contributed by atoms with Crippen molar-refractivity contribution in [1.29, 1.82) is 0 Å². The molecular formula is C20H19F4N3O. The first kappa shape index (κ1) is 18.7. The van der Waals surface area contributed by atoms with Crippen LogP contribution in [0.25, 0.3) is 0 Å². The first-order valence-corrected chi connectivity index (χ1v) is 8.95. The molecule has 0 radical (unpaired) electrons. The van der Waals surface area contributed by atoms with Crippen molar-refractivity contribution in [2.24, 2.45) is 10.7 Å². The molecule has 2 unspecified atom stereocenters. The van der Waals surface area contributed by atoms with Crippen LogP contribution in [0.4, 0.5) is 23.2 Å². The van der Waals surface area contributed by atoms with Crippen LogP contribution in [-0.2, 0) is 17.5 Å². The molecule has 0 aromatic heterocycles. The van der Waals surface area contributed by atoms with Gasteiger partial charge in [-0.3, -0.25) is 4.99 Å². The van der Waals surface area contributed by atoms with Crippen LogP contribution >= 0.6 is 0 Å². The molecule has 2 aromatic carbocycles. The quantitative estimate of drug-likeness (QED) is 0.622. The molecule has 0 amide bonds. The van der Waals surface area contributed by atoms with E-state index in [0.717, 1.165) is 17.7 Å². The van der Waals surface area contributed by atoms with E-state index in [1.54, 1.807) is 0 Å². The SMILES string of the molecule is NC1=N[C@@H](CN(Cc2ccccc2)c2ccc(C(F)(F)F)c(F)c2)CC2OC12. The lowest BCUT2D eigenvalue weighted by atomic mass is 10.0. The second kappa shape index (κ2) is 7.09. The van der Waals surface area contributed by atoms with Gasteiger partial charge in [0.1, 0.15) is 17.8 Å². The van der Waals surface area contributed by atoms with Crippen molar-refractivity contribution in [3.8, 4) is 0 Å². The fourth-order valence-electron chi connectivity index (χ4n) is 3.55. The smallest absolute Gasteiger partial charge is 0.385 e. The van der Waals surface area contributed by atoms with Gasteiger partial charge in [-0.25, -0.2) is 4.39 Å². The maximum Gasteiger partial charge on any atom is 0.419 e. The molecule has 2 aliphatic heterocycles. The Hall–Kier alpha value is -2.61. The molecule has 0 bridgehead atoms. The Morgan fingerprint density at radius 2 is 1.89 bits per heavy atom. The predicted octanol–water partition coefficient (Wildman–Crippen LogP) is 3.75. The molecule has 28 heavy (non-hydrogen) atoms. The van der Waals surface area contributed by atoms with E-state index in [1.165, 1.54) is 6.07 Å². The molecule has 4 rings (SSSR count). The van der Waals surface area contributed by atoms with E-state index < -0.39 is 17.6 Å². The minimum atomic E-state index is -4.73. The Balaban J connectivity index is 1.61. The van der Waals surface area contributed by atoms with Gasteiger partial charge in [-0.2, -0.15) is 13.2 Å². The van der Waals surface area contributed by atoms with Crippen molar-refractivity contribution in [3.63, 3.8) is 0 Å². The minimum Gasteiger partial charge on any atom is -0.385 e. The zero-order valence-corrected chi connectivity index (χ0v) is 14.9. The summed E-state index contributed by atoms with van der Waals surface area (Å²) in [6.45, 7) is 0.805. The lowest BCUT2D eigenvalue weighted by Gasteiger charge is -2.29. The van der Waals surface area contributed by atoms with Crippen molar-refractivity contribution in [2.75, 3.05) is 11.4 Å². The first-order valence-electron chi connectivity index (χ1n) is 8.95. The maximum absolute atomic E-state index is 14.1. The van der Waals surface area contributed by atoms with Crippen LogP contribution < -0.4 is 10.6 Å². The highest BCUT2D eigenvalue weighted by Crippen LogP contribution is 2.35. The van der Waals surface area contributed by atoms with Crippen LogP contribution in [0.5, 0.6) is 0 Å². The van der Waals surface area contributed by atoms with E-state index in [2.05, 4.69) is 4.99 Å². The zero-order chi connectivity index (χ0) is 19.9. The van der Waals surface area contributed by atoms with Gasteiger partial charge >= 0.3 is 6.18 Å². The monoisotopic (exact) mass is 393 g/mol. The van der Waals surface area contributed by atoms with Crippen LogP contribution in [0.15, 0.2) is 53.5 Å². The highest BCUT2D eigenvalue weighted by Gasteiger charge is 2.46. The maximum atomic E-state index is 14.1. The van der Waals surface area contributed by atoms with Crippen LogP contribution in [0.3, 0.4) is 0 Å². The molecule has 2 N–H and O–H groups in total. The van der Waals surface area contributed by atoms with Crippen LogP contribution in [0.2, 0.25) is 0 Å². The molecule has 3 atom stereocenters. The fourth-order valence-corrected chi connectivity index (χ4v) is 3.55. The van der Waals surface area contributed by atoms with Crippen molar-refractivity contribution < 1.29 is 22.3 Å². The third-order valence-electron chi connectivity index (χ3n) is 4.98. The number of rotatable bonds is 5. The molecule has 2 heterocycles. The third kappa shape index (κ3) is 3.96. The van der Waals surface area contributed by atoms with E-state index >= 15 is 0 Å². The molecule has 0 spiro atoms. The Kier molecular flexibility index (Phi) is 4.74. The fraction of sp³-hybridized carbons (Fsp3) is 0.350. The summed E-state index contributed by atoms with van der Waals surface area (Å²) in [7, 11) is 0. The topological polar surface area (TPSA) is 54.1 Å². The number of nitrogens with zero attached hydrogens (tertiary/aromatic N) is 2. The second-order valence-corrected chi connectivity index (χ2v) is 7.07. The van der Waals surface area contributed by atoms with Crippen LogP contribution in [0, 0.1) is 5.82 Å². The standard InChI is InChI=1S/C20H19F4N3O/c21-16-9-14(6-7-15(16)20(22,23)24)27(10-12-4-2-1-3-5-12)11-13-8-17-18(28-17)19(25)26-13/h1-7,9,13,17-18H,8,10-11H2,(H2,25,26)/t13-,17?,18?/m1/s1.